The van der Waals surface area contributed by atoms with Crippen LogP contribution in [0.4, 0.5) is 0 Å². The van der Waals surface area contributed by atoms with Crippen molar-refractivity contribution < 1.29 is 14.3 Å². The first-order chi connectivity index (χ1) is 14.3. The highest BCUT2D eigenvalue weighted by atomic mass is 32.2. The fourth-order valence-electron chi connectivity index (χ4n) is 3.68. The number of hydrogen-bond acceptors (Lipinski definition) is 5. The van der Waals surface area contributed by atoms with Crippen molar-refractivity contribution in [2.24, 2.45) is 0 Å². The van der Waals surface area contributed by atoms with Crippen molar-refractivity contribution in [3.63, 3.8) is 0 Å². The average molecular weight is 427 g/mol. The summed E-state index contributed by atoms with van der Waals surface area (Å²) >= 11 is 1.34. The minimum atomic E-state index is -0.381. The predicted octanol–water partition coefficient (Wildman–Crippen LogP) is 3.91. The largest absolute Gasteiger partial charge is 0.468 e. The minimum Gasteiger partial charge on any atom is -0.468 e. The molecular weight excluding hydrogens is 396 g/mol. The van der Waals surface area contributed by atoms with Gasteiger partial charge in [0, 0.05) is 30.1 Å². The fourth-order valence-corrected chi connectivity index (χ4v) is 4.70. The zero-order valence-corrected chi connectivity index (χ0v) is 18.9. The van der Waals surface area contributed by atoms with Gasteiger partial charge in [0.2, 0.25) is 0 Å². The number of methoxy groups -OCH3 is 1. The number of esters is 1. The van der Waals surface area contributed by atoms with Crippen LogP contribution in [0.25, 0.3) is 0 Å². The molecule has 0 spiro atoms. The number of fused-ring (bicyclic) bond motifs is 1. The summed E-state index contributed by atoms with van der Waals surface area (Å²) in [5, 5.41) is 2.73. The predicted molar refractivity (Wildman–Crippen MR) is 121 cm³/mol. The molecule has 1 unspecified atom stereocenters. The molecule has 1 aliphatic rings. The van der Waals surface area contributed by atoms with E-state index < -0.39 is 0 Å². The van der Waals surface area contributed by atoms with Gasteiger partial charge in [-0.25, -0.2) is 0 Å². The Kier molecular flexibility index (Phi) is 7.21. The quantitative estimate of drug-likeness (QED) is 0.537. The van der Waals surface area contributed by atoms with Gasteiger partial charge in [0.25, 0.3) is 5.91 Å². The van der Waals surface area contributed by atoms with E-state index >= 15 is 0 Å². The zero-order chi connectivity index (χ0) is 21.7. The first-order valence-electron chi connectivity index (χ1n) is 10.3. The summed E-state index contributed by atoms with van der Waals surface area (Å²) in [7, 11) is 1.37. The van der Waals surface area contributed by atoms with Crippen LogP contribution in [-0.2, 0) is 22.5 Å². The molecule has 1 amide bonds. The van der Waals surface area contributed by atoms with E-state index in [1.54, 1.807) is 13.0 Å². The maximum atomic E-state index is 13.0. The second-order valence-corrected chi connectivity index (χ2v) is 9.60. The molecular formula is C24H30N2O3S. The Hall–Kier alpha value is -2.31. The molecule has 160 valence electrons. The van der Waals surface area contributed by atoms with Crippen molar-refractivity contribution in [3.8, 4) is 0 Å². The van der Waals surface area contributed by atoms with Gasteiger partial charge in [0.05, 0.1) is 12.7 Å². The highest BCUT2D eigenvalue weighted by Gasteiger charge is 2.30. The van der Waals surface area contributed by atoms with E-state index in [1.807, 2.05) is 18.2 Å². The maximum Gasteiger partial charge on any atom is 0.318 e. The molecule has 0 radical (unpaired) electrons. The van der Waals surface area contributed by atoms with Gasteiger partial charge in [-0.15, -0.1) is 11.8 Å². The SMILES string of the molecule is COC(=O)C(C)Sc1ccccc1C(=O)NCC(C)(C)N1CCc2ccccc2C1. The Balaban J connectivity index is 1.65. The first kappa shape index (κ1) is 22.4. The van der Waals surface area contributed by atoms with E-state index in [0.29, 0.717) is 12.1 Å². The van der Waals surface area contributed by atoms with Crippen LogP contribution >= 0.6 is 11.8 Å². The molecule has 3 rings (SSSR count). The Morgan fingerprint density at radius 1 is 1.13 bits per heavy atom. The Morgan fingerprint density at radius 3 is 2.53 bits per heavy atom. The zero-order valence-electron chi connectivity index (χ0n) is 18.1. The fraction of sp³-hybridized carbons (Fsp3) is 0.417. The van der Waals surface area contributed by atoms with Crippen LogP contribution in [0.1, 0.15) is 42.3 Å². The van der Waals surface area contributed by atoms with Crippen molar-refractivity contribution in [1.29, 1.82) is 0 Å². The summed E-state index contributed by atoms with van der Waals surface area (Å²) in [5.74, 6) is -0.428. The third-order valence-electron chi connectivity index (χ3n) is 5.64. The molecule has 1 N–H and O–H groups in total. The molecule has 0 aliphatic carbocycles. The summed E-state index contributed by atoms with van der Waals surface area (Å²) < 4.78 is 4.80. The molecule has 5 nitrogen and oxygen atoms in total. The molecule has 0 saturated carbocycles. The van der Waals surface area contributed by atoms with Crippen molar-refractivity contribution >= 4 is 23.6 Å². The number of hydrogen-bond donors (Lipinski definition) is 1. The molecule has 2 aromatic rings. The number of benzene rings is 2. The van der Waals surface area contributed by atoms with E-state index in [-0.39, 0.29) is 22.7 Å². The second-order valence-electron chi connectivity index (χ2n) is 8.21. The Labute approximate surface area is 183 Å². The standard InChI is InChI=1S/C24H30N2O3S/c1-17(23(28)29-4)30-21-12-8-7-11-20(21)22(27)25-16-24(2,3)26-14-13-18-9-5-6-10-19(18)15-26/h5-12,17H,13-16H2,1-4H3,(H,25,27). The van der Waals surface area contributed by atoms with Gasteiger partial charge < -0.3 is 10.1 Å². The molecule has 2 aromatic carbocycles. The lowest BCUT2D eigenvalue weighted by Gasteiger charge is -2.41. The highest BCUT2D eigenvalue weighted by molar-refractivity contribution is 8.00. The number of rotatable bonds is 7. The van der Waals surface area contributed by atoms with Gasteiger partial charge in [0.15, 0.2) is 0 Å². The number of thioether (sulfide) groups is 1. The van der Waals surface area contributed by atoms with Gasteiger partial charge in [-0.05, 0) is 50.5 Å². The first-order valence-corrected chi connectivity index (χ1v) is 11.1. The Bertz CT molecular complexity index is 913. The second kappa shape index (κ2) is 9.67. The molecule has 30 heavy (non-hydrogen) atoms. The molecule has 1 heterocycles. The number of ether oxygens (including phenoxy) is 1. The number of carbonyl (C=O) groups excluding carboxylic acids is 2. The molecule has 0 fully saturated rings. The molecule has 0 saturated heterocycles. The van der Waals surface area contributed by atoms with Crippen LogP contribution in [0, 0.1) is 0 Å². The minimum absolute atomic E-state index is 0.124. The lowest BCUT2D eigenvalue weighted by atomic mass is 9.94. The number of carbonyl (C=O) groups is 2. The highest BCUT2D eigenvalue weighted by Crippen LogP contribution is 2.28. The van der Waals surface area contributed by atoms with Crippen molar-refractivity contribution in [3.05, 3.63) is 65.2 Å². The van der Waals surface area contributed by atoms with Crippen LogP contribution in [0.3, 0.4) is 0 Å². The van der Waals surface area contributed by atoms with Crippen LogP contribution < -0.4 is 5.32 Å². The maximum absolute atomic E-state index is 13.0. The van der Waals surface area contributed by atoms with Gasteiger partial charge in [-0.1, -0.05) is 36.4 Å². The smallest absolute Gasteiger partial charge is 0.318 e. The normalized spacial score (nSPS) is 15.2. The van der Waals surface area contributed by atoms with E-state index in [4.69, 9.17) is 4.74 Å². The van der Waals surface area contributed by atoms with Gasteiger partial charge >= 0.3 is 5.97 Å². The van der Waals surface area contributed by atoms with Crippen molar-refractivity contribution in [2.45, 2.75) is 49.4 Å². The van der Waals surface area contributed by atoms with Crippen LogP contribution in [0.15, 0.2) is 53.4 Å². The van der Waals surface area contributed by atoms with Crippen molar-refractivity contribution in [2.75, 3.05) is 20.2 Å². The van der Waals surface area contributed by atoms with E-state index in [2.05, 4.69) is 48.3 Å². The van der Waals surface area contributed by atoms with Gasteiger partial charge in [0.1, 0.15) is 5.25 Å². The van der Waals surface area contributed by atoms with Gasteiger partial charge in [-0.2, -0.15) is 0 Å². The van der Waals surface area contributed by atoms with E-state index in [9.17, 15) is 9.59 Å². The molecule has 0 aromatic heterocycles. The number of nitrogens with zero attached hydrogens (tertiary/aromatic N) is 1. The molecule has 1 aliphatic heterocycles. The van der Waals surface area contributed by atoms with Crippen LogP contribution in [0.2, 0.25) is 0 Å². The molecule has 0 bridgehead atoms. The molecule has 1 atom stereocenters. The van der Waals surface area contributed by atoms with E-state index in [1.165, 1.54) is 30.0 Å². The molecule has 6 heteroatoms. The van der Waals surface area contributed by atoms with Crippen LogP contribution in [0.5, 0.6) is 0 Å². The summed E-state index contributed by atoms with van der Waals surface area (Å²) in [6, 6.07) is 15.9. The average Bonchev–Trinajstić information content (AvgIpc) is 2.76. The summed E-state index contributed by atoms with van der Waals surface area (Å²) in [5.41, 5.74) is 3.18. The summed E-state index contributed by atoms with van der Waals surface area (Å²) in [6.45, 7) is 8.52. The number of amides is 1. The lowest BCUT2D eigenvalue weighted by Crippen LogP contribution is -2.53. The Morgan fingerprint density at radius 2 is 1.80 bits per heavy atom. The summed E-state index contributed by atoms with van der Waals surface area (Å²) in [6.07, 6.45) is 1.03. The topological polar surface area (TPSA) is 58.6 Å². The monoisotopic (exact) mass is 426 g/mol. The third kappa shape index (κ3) is 5.24. The third-order valence-corrected chi connectivity index (χ3v) is 6.79. The van der Waals surface area contributed by atoms with E-state index in [0.717, 1.165) is 24.4 Å². The lowest BCUT2D eigenvalue weighted by molar-refractivity contribution is -0.139. The van der Waals surface area contributed by atoms with Crippen LogP contribution in [-0.4, -0.2) is 47.8 Å². The van der Waals surface area contributed by atoms with Gasteiger partial charge in [-0.3, -0.25) is 14.5 Å². The number of nitrogens with one attached hydrogen (secondary N) is 1. The van der Waals surface area contributed by atoms with Crippen molar-refractivity contribution in [1.82, 2.24) is 10.2 Å². The summed E-state index contributed by atoms with van der Waals surface area (Å²) in [4.78, 5) is 27.9.